The molecule has 7 nitrogen and oxygen atoms in total. The van der Waals surface area contributed by atoms with Gasteiger partial charge in [-0.25, -0.2) is 9.97 Å². The average Bonchev–Trinajstić information content (AvgIpc) is 3.25. The lowest BCUT2D eigenvalue weighted by Crippen LogP contribution is -2.35. The molecule has 2 amide bonds. The van der Waals surface area contributed by atoms with Crippen LogP contribution in [0.5, 0.6) is 0 Å². The second kappa shape index (κ2) is 7.27. The Morgan fingerprint density at radius 3 is 2.92 bits per heavy atom. The van der Waals surface area contributed by atoms with Crippen LogP contribution < -0.4 is 5.32 Å². The number of anilines is 1. The molecule has 1 N–H and O–H groups in total. The number of pyridine rings is 1. The monoisotopic (exact) mass is 356 g/mol. The third kappa shape index (κ3) is 4.10. The first kappa shape index (κ1) is 16.8. The zero-order chi connectivity index (χ0) is 17.8. The van der Waals surface area contributed by atoms with Gasteiger partial charge in [-0.3, -0.25) is 9.59 Å². The lowest BCUT2D eigenvalue weighted by atomic mass is 10.3. The topological polar surface area (TPSA) is 88.3 Å². The van der Waals surface area contributed by atoms with Crippen LogP contribution in [0.1, 0.15) is 16.1 Å². The largest absolute Gasteiger partial charge is 0.462 e. The molecule has 0 aliphatic heterocycles. The van der Waals surface area contributed by atoms with E-state index in [1.165, 1.54) is 16.2 Å². The minimum Gasteiger partial charge on any atom is -0.462 e. The Morgan fingerprint density at radius 1 is 1.36 bits per heavy atom. The van der Waals surface area contributed by atoms with E-state index in [1.807, 2.05) is 13.0 Å². The van der Waals surface area contributed by atoms with E-state index in [2.05, 4.69) is 15.3 Å². The number of hydrogen-bond donors (Lipinski definition) is 1. The van der Waals surface area contributed by atoms with Crippen molar-refractivity contribution in [1.82, 2.24) is 14.9 Å². The van der Waals surface area contributed by atoms with Crippen molar-refractivity contribution in [2.45, 2.75) is 6.92 Å². The number of thiazole rings is 1. The van der Waals surface area contributed by atoms with Crippen molar-refractivity contribution in [1.29, 1.82) is 0 Å². The van der Waals surface area contributed by atoms with Gasteiger partial charge in [0.25, 0.3) is 5.91 Å². The Kier molecular flexibility index (Phi) is 4.90. The van der Waals surface area contributed by atoms with E-state index in [0.717, 1.165) is 5.56 Å². The zero-order valence-electron chi connectivity index (χ0n) is 13.7. The van der Waals surface area contributed by atoms with Crippen molar-refractivity contribution in [3.8, 4) is 10.8 Å². The van der Waals surface area contributed by atoms with Crippen LogP contribution >= 0.6 is 11.3 Å². The fraction of sp³-hybridized carbons (Fsp3) is 0.176. The van der Waals surface area contributed by atoms with Crippen LogP contribution in [0.15, 0.2) is 46.5 Å². The number of nitrogens with zero attached hydrogens (tertiary/aromatic N) is 3. The van der Waals surface area contributed by atoms with Crippen LogP contribution in [0.2, 0.25) is 0 Å². The van der Waals surface area contributed by atoms with Gasteiger partial charge in [-0.2, -0.15) is 0 Å². The summed E-state index contributed by atoms with van der Waals surface area (Å²) < 4.78 is 5.27. The van der Waals surface area contributed by atoms with E-state index in [1.54, 1.807) is 43.1 Å². The standard InChI is InChI=1S/C17H16N4O3S/c1-11-5-6-18-14(8-11)20-15(22)9-21(2)17(23)12-10-25-16(19-12)13-4-3-7-24-13/h3-8,10H,9H2,1-2H3,(H,18,20,22). The highest BCUT2D eigenvalue weighted by molar-refractivity contribution is 7.13. The summed E-state index contributed by atoms with van der Waals surface area (Å²) in [6.45, 7) is 1.81. The summed E-state index contributed by atoms with van der Waals surface area (Å²) in [5, 5.41) is 4.94. The van der Waals surface area contributed by atoms with Gasteiger partial charge in [0.2, 0.25) is 5.91 Å². The highest BCUT2D eigenvalue weighted by Gasteiger charge is 2.19. The lowest BCUT2D eigenvalue weighted by molar-refractivity contribution is -0.116. The third-order valence-corrected chi connectivity index (χ3v) is 4.22. The molecule has 128 valence electrons. The molecular weight excluding hydrogens is 340 g/mol. The molecule has 0 atom stereocenters. The molecule has 3 aromatic rings. The molecule has 3 heterocycles. The van der Waals surface area contributed by atoms with Gasteiger partial charge in [0, 0.05) is 18.6 Å². The van der Waals surface area contributed by atoms with Gasteiger partial charge < -0.3 is 14.6 Å². The highest BCUT2D eigenvalue weighted by atomic mass is 32.1. The van der Waals surface area contributed by atoms with E-state index < -0.39 is 0 Å². The molecule has 0 saturated carbocycles. The predicted molar refractivity (Wildman–Crippen MR) is 94.4 cm³/mol. The number of aromatic nitrogens is 2. The maximum Gasteiger partial charge on any atom is 0.273 e. The molecule has 0 saturated heterocycles. The minimum atomic E-state index is -0.332. The molecule has 0 unspecified atom stereocenters. The number of hydrogen-bond acceptors (Lipinski definition) is 6. The Balaban J connectivity index is 1.61. The van der Waals surface area contributed by atoms with Crippen LogP contribution in [-0.4, -0.2) is 40.3 Å². The van der Waals surface area contributed by atoms with Crippen LogP contribution in [0.25, 0.3) is 10.8 Å². The number of carbonyl (C=O) groups is 2. The highest BCUT2D eigenvalue weighted by Crippen LogP contribution is 2.24. The summed E-state index contributed by atoms with van der Waals surface area (Å²) >= 11 is 1.31. The second-order valence-electron chi connectivity index (χ2n) is 5.44. The number of nitrogens with one attached hydrogen (secondary N) is 1. The SMILES string of the molecule is Cc1ccnc(NC(=O)CN(C)C(=O)c2csc(-c3ccco3)n2)c1. The van der Waals surface area contributed by atoms with Crippen LogP contribution in [-0.2, 0) is 4.79 Å². The third-order valence-electron chi connectivity index (χ3n) is 3.37. The fourth-order valence-electron chi connectivity index (χ4n) is 2.16. The average molecular weight is 356 g/mol. The predicted octanol–water partition coefficient (Wildman–Crippen LogP) is 2.82. The summed E-state index contributed by atoms with van der Waals surface area (Å²) in [4.78, 5) is 34.1. The van der Waals surface area contributed by atoms with Gasteiger partial charge in [-0.15, -0.1) is 11.3 Å². The van der Waals surface area contributed by atoms with Gasteiger partial charge in [0.15, 0.2) is 10.8 Å². The molecule has 8 heteroatoms. The molecule has 0 aliphatic carbocycles. The van der Waals surface area contributed by atoms with Gasteiger partial charge in [-0.05, 0) is 36.8 Å². The van der Waals surface area contributed by atoms with E-state index >= 15 is 0 Å². The Bertz CT molecular complexity index is 889. The molecule has 0 spiro atoms. The molecule has 25 heavy (non-hydrogen) atoms. The van der Waals surface area contributed by atoms with Crippen molar-refractivity contribution >= 4 is 29.0 Å². The first-order chi connectivity index (χ1) is 12.0. The number of aryl methyl sites for hydroxylation is 1. The van der Waals surface area contributed by atoms with Gasteiger partial charge in [0.05, 0.1) is 12.8 Å². The van der Waals surface area contributed by atoms with Crippen molar-refractivity contribution in [2.24, 2.45) is 0 Å². The molecule has 0 bridgehead atoms. The fourth-order valence-corrected chi connectivity index (χ4v) is 2.92. The van der Waals surface area contributed by atoms with E-state index in [0.29, 0.717) is 16.6 Å². The molecule has 3 aromatic heterocycles. The second-order valence-corrected chi connectivity index (χ2v) is 6.30. The number of carbonyl (C=O) groups excluding carboxylic acids is 2. The number of amides is 2. The van der Waals surface area contributed by atoms with E-state index in [9.17, 15) is 9.59 Å². The minimum absolute atomic E-state index is 0.0952. The number of furan rings is 1. The number of rotatable bonds is 5. The van der Waals surface area contributed by atoms with Crippen molar-refractivity contribution in [3.63, 3.8) is 0 Å². The number of likely N-dealkylation sites (N-methyl/N-ethyl adjacent to an activating group) is 1. The Morgan fingerprint density at radius 2 is 2.20 bits per heavy atom. The normalized spacial score (nSPS) is 10.5. The summed E-state index contributed by atoms with van der Waals surface area (Å²) in [6, 6.07) is 7.13. The van der Waals surface area contributed by atoms with E-state index in [-0.39, 0.29) is 24.1 Å². The summed E-state index contributed by atoms with van der Waals surface area (Å²) in [5.74, 6) is 0.409. The summed E-state index contributed by atoms with van der Waals surface area (Å²) in [7, 11) is 1.55. The molecule has 0 fully saturated rings. The zero-order valence-corrected chi connectivity index (χ0v) is 14.5. The quantitative estimate of drug-likeness (QED) is 0.759. The maximum atomic E-state index is 12.4. The van der Waals surface area contributed by atoms with Crippen molar-refractivity contribution < 1.29 is 14.0 Å². The Hall–Kier alpha value is -3.00. The van der Waals surface area contributed by atoms with Crippen molar-refractivity contribution in [2.75, 3.05) is 18.9 Å². The van der Waals surface area contributed by atoms with Crippen LogP contribution in [0.4, 0.5) is 5.82 Å². The van der Waals surface area contributed by atoms with Crippen LogP contribution in [0.3, 0.4) is 0 Å². The Labute approximate surface area is 148 Å². The van der Waals surface area contributed by atoms with Crippen LogP contribution in [0, 0.1) is 6.92 Å². The first-order valence-electron chi connectivity index (χ1n) is 7.50. The van der Waals surface area contributed by atoms with Gasteiger partial charge in [-0.1, -0.05) is 0 Å². The van der Waals surface area contributed by atoms with Gasteiger partial charge in [0.1, 0.15) is 11.5 Å². The molecule has 3 rings (SSSR count). The lowest BCUT2D eigenvalue weighted by Gasteiger charge is -2.15. The molecule has 0 aliphatic rings. The van der Waals surface area contributed by atoms with E-state index in [4.69, 9.17) is 4.42 Å². The van der Waals surface area contributed by atoms with Gasteiger partial charge >= 0.3 is 0 Å². The smallest absolute Gasteiger partial charge is 0.273 e. The summed E-state index contributed by atoms with van der Waals surface area (Å²) in [6.07, 6.45) is 3.17. The molecule has 0 radical (unpaired) electrons. The molecule has 0 aromatic carbocycles. The van der Waals surface area contributed by atoms with Crippen molar-refractivity contribution in [3.05, 3.63) is 53.4 Å². The first-order valence-corrected chi connectivity index (χ1v) is 8.38. The molecular formula is C17H16N4O3S. The summed E-state index contributed by atoms with van der Waals surface area (Å²) in [5.41, 5.74) is 1.27. The maximum absolute atomic E-state index is 12.4.